The van der Waals surface area contributed by atoms with Crippen molar-refractivity contribution >= 4 is 11.7 Å². The van der Waals surface area contributed by atoms with E-state index in [1.165, 1.54) is 6.33 Å². The van der Waals surface area contributed by atoms with Crippen LogP contribution in [0.4, 0.5) is 5.69 Å². The molecule has 0 amide bonds. The summed E-state index contributed by atoms with van der Waals surface area (Å²) >= 11 is 0. The van der Waals surface area contributed by atoms with E-state index in [4.69, 9.17) is 5.11 Å². The lowest BCUT2D eigenvalue weighted by molar-refractivity contribution is -0.137. The Morgan fingerprint density at radius 3 is 2.93 bits per heavy atom. The van der Waals surface area contributed by atoms with Crippen molar-refractivity contribution in [3.63, 3.8) is 0 Å². The van der Waals surface area contributed by atoms with Crippen molar-refractivity contribution < 1.29 is 9.90 Å². The third kappa shape index (κ3) is 2.23. The van der Waals surface area contributed by atoms with Crippen molar-refractivity contribution in [2.45, 2.75) is 25.3 Å². The Kier molecular flexibility index (Phi) is 2.80. The molecule has 2 rings (SSSR count). The standard InChI is InChI=1S/C10H13N3O2/c14-10(15)4-8-2-1-3-13(8)9-5-11-7-12-6-9/h5-8H,1-4H2,(H,14,15). The Morgan fingerprint density at radius 1 is 1.53 bits per heavy atom. The molecule has 0 aromatic carbocycles. The van der Waals surface area contributed by atoms with E-state index in [1.54, 1.807) is 12.4 Å². The molecule has 80 valence electrons. The van der Waals surface area contributed by atoms with E-state index in [0.717, 1.165) is 25.1 Å². The molecular formula is C10H13N3O2. The number of hydrogen-bond acceptors (Lipinski definition) is 4. The summed E-state index contributed by atoms with van der Waals surface area (Å²) in [5.41, 5.74) is 0.918. The summed E-state index contributed by atoms with van der Waals surface area (Å²) in [6.07, 6.45) is 7.09. The van der Waals surface area contributed by atoms with Gasteiger partial charge >= 0.3 is 5.97 Å². The maximum atomic E-state index is 10.7. The molecule has 0 radical (unpaired) electrons. The van der Waals surface area contributed by atoms with Gasteiger partial charge in [0.15, 0.2) is 0 Å². The van der Waals surface area contributed by atoms with Gasteiger partial charge in [0.2, 0.25) is 0 Å². The second kappa shape index (κ2) is 4.25. The van der Waals surface area contributed by atoms with Gasteiger partial charge in [-0.25, -0.2) is 9.97 Å². The van der Waals surface area contributed by atoms with Gasteiger partial charge in [-0.2, -0.15) is 0 Å². The minimum atomic E-state index is -0.747. The monoisotopic (exact) mass is 207 g/mol. The third-order valence-corrected chi connectivity index (χ3v) is 2.67. The predicted molar refractivity (Wildman–Crippen MR) is 54.7 cm³/mol. The summed E-state index contributed by atoms with van der Waals surface area (Å²) in [4.78, 5) is 20.6. The molecule has 1 N–H and O–H groups in total. The number of hydrogen-bond donors (Lipinski definition) is 1. The fourth-order valence-electron chi connectivity index (χ4n) is 2.03. The van der Waals surface area contributed by atoms with Crippen LogP contribution < -0.4 is 4.90 Å². The minimum absolute atomic E-state index is 0.0912. The molecule has 1 unspecified atom stereocenters. The van der Waals surface area contributed by atoms with Crippen molar-refractivity contribution in [2.75, 3.05) is 11.4 Å². The van der Waals surface area contributed by atoms with Gasteiger partial charge in [-0.3, -0.25) is 4.79 Å². The number of rotatable bonds is 3. The fourth-order valence-corrected chi connectivity index (χ4v) is 2.03. The van der Waals surface area contributed by atoms with E-state index in [-0.39, 0.29) is 12.5 Å². The molecular weight excluding hydrogens is 194 g/mol. The molecule has 1 fully saturated rings. The first kappa shape index (κ1) is 9.89. The van der Waals surface area contributed by atoms with Crippen LogP contribution in [0.5, 0.6) is 0 Å². The lowest BCUT2D eigenvalue weighted by atomic mass is 10.1. The summed E-state index contributed by atoms with van der Waals surface area (Å²) in [6, 6.07) is 0.0912. The molecule has 2 heterocycles. The van der Waals surface area contributed by atoms with E-state index in [1.807, 2.05) is 0 Å². The van der Waals surface area contributed by atoms with Crippen molar-refractivity contribution in [1.82, 2.24) is 9.97 Å². The zero-order valence-electron chi connectivity index (χ0n) is 8.33. The average molecular weight is 207 g/mol. The molecule has 5 heteroatoms. The third-order valence-electron chi connectivity index (χ3n) is 2.67. The first-order valence-electron chi connectivity index (χ1n) is 5.01. The lowest BCUT2D eigenvalue weighted by Gasteiger charge is -2.24. The highest BCUT2D eigenvalue weighted by Gasteiger charge is 2.26. The van der Waals surface area contributed by atoms with Crippen molar-refractivity contribution in [1.29, 1.82) is 0 Å². The van der Waals surface area contributed by atoms with Crippen LogP contribution in [0.3, 0.4) is 0 Å². The number of aromatic nitrogens is 2. The lowest BCUT2D eigenvalue weighted by Crippen LogP contribution is -2.31. The molecule has 1 atom stereocenters. The normalized spacial score (nSPS) is 20.5. The fraction of sp³-hybridized carbons (Fsp3) is 0.500. The number of aliphatic carboxylic acids is 1. The first-order valence-corrected chi connectivity index (χ1v) is 5.01. The van der Waals surface area contributed by atoms with Crippen LogP contribution >= 0.6 is 0 Å². The van der Waals surface area contributed by atoms with Crippen LogP contribution in [0.25, 0.3) is 0 Å². The highest BCUT2D eigenvalue weighted by molar-refractivity contribution is 5.68. The van der Waals surface area contributed by atoms with Gasteiger partial charge in [-0.05, 0) is 12.8 Å². The molecule has 0 spiro atoms. The Hall–Kier alpha value is -1.65. The van der Waals surface area contributed by atoms with E-state index in [2.05, 4.69) is 14.9 Å². The van der Waals surface area contributed by atoms with Crippen LogP contribution in [-0.4, -0.2) is 33.6 Å². The molecule has 0 saturated carbocycles. The van der Waals surface area contributed by atoms with Crippen LogP contribution in [0.2, 0.25) is 0 Å². The summed E-state index contributed by atoms with van der Waals surface area (Å²) in [7, 11) is 0. The van der Waals surface area contributed by atoms with Crippen LogP contribution in [-0.2, 0) is 4.79 Å². The van der Waals surface area contributed by atoms with E-state index >= 15 is 0 Å². The largest absolute Gasteiger partial charge is 0.481 e. The topological polar surface area (TPSA) is 66.3 Å². The van der Waals surface area contributed by atoms with Gasteiger partial charge in [0.05, 0.1) is 24.5 Å². The first-order chi connectivity index (χ1) is 7.27. The van der Waals surface area contributed by atoms with Gasteiger partial charge < -0.3 is 10.0 Å². The number of carboxylic acids is 1. The molecule has 0 bridgehead atoms. The van der Waals surface area contributed by atoms with Crippen molar-refractivity contribution in [3.8, 4) is 0 Å². The van der Waals surface area contributed by atoms with Gasteiger partial charge in [0.25, 0.3) is 0 Å². The van der Waals surface area contributed by atoms with E-state index < -0.39 is 5.97 Å². The SMILES string of the molecule is O=C(O)CC1CCCN1c1cncnc1. The summed E-state index contributed by atoms with van der Waals surface area (Å²) in [5, 5.41) is 8.78. The van der Waals surface area contributed by atoms with Gasteiger partial charge in [0, 0.05) is 12.6 Å². The molecule has 1 aliphatic rings. The number of anilines is 1. The quantitative estimate of drug-likeness (QED) is 0.798. The smallest absolute Gasteiger partial charge is 0.305 e. The Bertz CT molecular complexity index is 342. The number of nitrogens with zero attached hydrogens (tertiary/aromatic N) is 3. The maximum Gasteiger partial charge on any atom is 0.305 e. The molecule has 1 saturated heterocycles. The van der Waals surface area contributed by atoms with Gasteiger partial charge in [-0.15, -0.1) is 0 Å². The molecule has 1 aromatic rings. The van der Waals surface area contributed by atoms with Crippen LogP contribution in [0.1, 0.15) is 19.3 Å². The summed E-state index contributed by atoms with van der Waals surface area (Å²) in [5.74, 6) is -0.747. The zero-order valence-corrected chi connectivity index (χ0v) is 8.33. The zero-order chi connectivity index (χ0) is 10.7. The summed E-state index contributed by atoms with van der Waals surface area (Å²) < 4.78 is 0. The van der Waals surface area contributed by atoms with Crippen molar-refractivity contribution in [3.05, 3.63) is 18.7 Å². The Balaban J connectivity index is 2.11. The Labute approximate surface area is 87.8 Å². The van der Waals surface area contributed by atoms with Gasteiger partial charge in [0.1, 0.15) is 6.33 Å². The molecule has 1 aliphatic heterocycles. The second-order valence-corrected chi connectivity index (χ2v) is 3.68. The minimum Gasteiger partial charge on any atom is -0.481 e. The van der Waals surface area contributed by atoms with Crippen LogP contribution in [0, 0.1) is 0 Å². The predicted octanol–water partition coefficient (Wildman–Crippen LogP) is 0.920. The average Bonchev–Trinajstić information content (AvgIpc) is 2.66. The van der Waals surface area contributed by atoms with E-state index in [9.17, 15) is 4.79 Å². The second-order valence-electron chi connectivity index (χ2n) is 3.68. The molecule has 5 nitrogen and oxygen atoms in total. The molecule has 1 aromatic heterocycles. The highest BCUT2D eigenvalue weighted by atomic mass is 16.4. The molecule has 0 aliphatic carbocycles. The maximum absolute atomic E-state index is 10.7. The van der Waals surface area contributed by atoms with Crippen molar-refractivity contribution in [2.24, 2.45) is 0 Å². The Morgan fingerprint density at radius 2 is 2.27 bits per heavy atom. The number of carboxylic acid groups (broad SMARTS) is 1. The van der Waals surface area contributed by atoms with Crippen LogP contribution in [0.15, 0.2) is 18.7 Å². The number of carbonyl (C=O) groups is 1. The highest BCUT2D eigenvalue weighted by Crippen LogP contribution is 2.25. The van der Waals surface area contributed by atoms with Gasteiger partial charge in [-0.1, -0.05) is 0 Å². The summed E-state index contributed by atoms with van der Waals surface area (Å²) in [6.45, 7) is 0.894. The molecule has 15 heavy (non-hydrogen) atoms. The van der Waals surface area contributed by atoms with E-state index in [0.29, 0.717) is 0 Å².